The topological polar surface area (TPSA) is 60.8 Å². The summed E-state index contributed by atoms with van der Waals surface area (Å²) >= 11 is 0. The zero-order valence-corrected chi connectivity index (χ0v) is 7.23. The molecule has 1 rings (SSSR count). The lowest BCUT2D eigenvalue weighted by Gasteiger charge is -2.35. The molecule has 2 unspecified atom stereocenters. The maximum absolute atomic E-state index is 10.7. The van der Waals surface area contributed by atoms with E-state index in [0.29, 0.717) is 6.54 Å². The Labute approximate surface area is 71.8 Å². The second-order valence-corrected chi connectivity index (χ2v) is 3.28. The average molecular weight is 173 g/mol. The van der Waals surface area contributed by atoms with Crippen LogP contribution in [0.2, 0.25) is 0 Å². The van der Waals surface area contributed by atoms with Gasteiger partial charge < -0.3 is 15.1 Å². The molecule has 4 nitrogen and oxygen atoms in total. The van der Waals surface area contributed by atoms with E-state index in [0.717, 1.165) is 19.3 Å². The number of hydrogen-bond donors (Lipinski definition) is 2. The Bertz CT molecular complexity index is 170. The van der Waals surface area contributed by atoms with Crippen molar-refractivity contribution in [3.05, 3.63) is 0 Å². The molecule has 1 saturated heterocycles. The maximum atomic E-state index is 10.7. The number of likely N-dealkylation sites (tertiary alicyclic amines) is 1. The molecule has 4 heteroatoms. The molecule has 2 atom stereocenters. The van der Waals surface area contributed by atoms with E-state index in [-0.39, 0.29) is 6.04 Å². The quantitative estimate of drug-likeness (QED) is 0.619. The van der Waals surface area contributed by atoms with Crippen molar-refractivity contribution in [2.45, 2.75) is 38.3 Å². The molecular formula is C8H15NO3. The minimum absolute atomic E-state index is 0.198. The Kier molecular flexibility index (Phi) is 2.92. The van der Waals surface area contributed by atoms with E-state index < -0.39 is 12.2 Å². The average Bonchev–Trinajstić information content (AvgIpc) is 2.04. The van der Waals surface area contributed by atoms with E-state index in [1.165, 1.54) is 4.90 Å². The molecular weight excluding hydrogens is 158 g/mol. The smallest absolute Gasteiger partial charge is 0.407 e. The second-order valence-electron chi connectivity index (χ2n) is 3.28. The van der Waals surface area contributed by atoms with Crippen LogP contribution in [0, 0.1) is 0 Å². The van der Waals surface area contributed by atoms with Gasteiger partial charge in [-0.2, -0.15) is 0 Å². The first-order chi connectivity index (χ1) is 5.63. The van der Waals surface area contributed by atoms with Gasteiger partial charge in [0.2, 0.25) is 0 Å². The van der Waals surface area contributed by atoms with Crippen LogP contribution in [0.4, 0.5) is 4.79 Å². The van der Waals surface area contributed by atoms with E-state index >= 15 is 0 Å². The number of aliphatic hydroxyl groups is 1. The zero-order valence-electron chi connectivity index (χ0n) is 7.23. The molecule has 70 valence electrons. The fraction of sp³-hybridized carbons (Fsp3) is 0.875. The normalized spacial score (nSPS) is 26.8. The van der Waals surface area contributed by atoms with Crippen LogP contribution in [0.1, 0.15) is 26.2 Å². The van der Waals surface area contributed by atoms with Crippen LogP contribution in [-0.4, -0.2) is 39.9 Å². The van der Waals surface area contributed by atoms with Crippen LogP contribution < -0.4 is 0 Å². The number of carbonyl (C=O) groups is 1. The van der Waals surface area contributed by atoms with Crippen LogP contribution in [0.15, 0.2) is 0 Å². The van der Waals surface area contributed by atoms with Gasteiger partial charge >= 0.3 is 6.09 Å². The largest absolute Gasteiger partial charge is 0.465 e. The van der Waals surface area contributed by atoms with E-state index in [1.54, 1.807) is 6.92 Å². The van der Waals surface area contributed by atoms with Gasteiger partial charge in [0.25, 0.3) is 0 Å². The Morgan fingerprint density at radius 1 is 1.58 bits per heavy atom. The third-order valence-corrected chi connectivity index (χ3v) is 2.35. The van der Waals surface area contributed by atoms with Gasteiger partial charge in [0.05, 0.1) is 12.1 Å². The Hall–Kier alpha value is -0.770. The van der Waals surface area contributed by atoms with Crippen molar-refractivity contribution >= 4 is 6.09 Å². The fourth-order valence-corrected chi connectivity index (χ4v) is 1.70. The van der Waals surface area contributed by atoms with Crippen molar-refractivity contribution in [1.82, 2.24) is 4.90 Å². The molecule has 0 aliphatic carbocycles. The predicted octanol–water partition coefficient (Wildman–Crippen LogP) is 0.900. The van der Waals surface area contributed by atoms with Gasteiger partial charge in [-0.05, 0) is 26.2 Å². The second kappa shape index (κ2) is 3.76. The first-order valence-corrected chi connectivity index (χ1v) is 4.30. The molecule has 1 aliphatic heterocycles. The highest BCUT2D eigenvalue weighted by atomic mass is 16.4. The van der Waals surface area contributed by atoms with Gasteiger partial charge in [-0.15, -0.1) is 0 Å². The first kappa shape index (κ1) is 9.32. The van der Waals surface area contributed by atoms with Gasteiger partial charge in [0.1, 0.15) is 0 Å². The van der Waals surface area contributed by atoms with Crippen molar-refractivity contribution in [1.29, 1.82) is 0 Å². The van der Waals surface area contributed by atoms with Crippen LogP contribution in [-0.2, 0) is 0 Å². The Morgan fingerprint density at radius 3 is 2.67 bits per heavy atom. The summed E-state index contributed by atoms with van der Waals surface area (Å²) in [7, 11) is 0. The lowest BCUT2D eigenvalue weighted by atomic mass is 9.99. The van der Waals surface area contributed by atoms with E-state index in [2.05, 4.69) is 0 Å². The standard InChI is InChI=1S/C8H15NO3/c1-6(10)7-4-2-3-5-9(7)8(11)12/h6-7,10H,2-5H2,1H3,(H,11,12). The molecule has 0 aromatic carbocycles. The molecule has 1 amide bonds. The number of rotatable bonds is 1. The number of amides is 1. The first-order valence-electron chi connectivity index (χ1n) is 4.30. The maximum Gasteiger partial charge on any atom is 0.407 e. The van der Waals surface area contributed by atoms with Crippen LogP contribution >= 0.6 is 0 Å². The minimum atomic E-state index is -0.916. The molecule has 0 bridgehead atoms. The monoisotopic (exact) mass is 173 g/mol. The predicted molar refractivity (Wildman–Crippen MR) is 44.1 cm³/mol. The van der Waals surface area contributed by atoms with Gasteiger partial charge in [0.15, 0.2) is 0 Å². The lowest BCUT2D eigenvalue weighted by Crippen LogP contribution is -2.48. The summed E-state index contributed by atoms with van der Waals surface area (Å²) in [5, 5.41) is 18.1. The summed E-state index contributed by atoms with van der Waals surface area (Å²) in [6.07, 6.45) is 1.24. The van der Waals surface area contributed by atoms with E-state index in [9.17, 15) is 9.90 Å². The van der Waals surface area contributed by atoms with Gasteiger partial charge in [0, 0.05) is 6.54 Å². The van der Waals surface area contributed by atoms with Gasteiger partial charge in [-0.1, -0.05) is 0 Å². The summed E-state index contributed by atoms with van der Waals surface area (Å²) in [4.78, 5) is 12.0. The molecule has 12 heavy (non-hydrogen) atoms. The number of nitrogens with zero attached hydrogens (tertiary/aromatic N) is 1. The van der Waals surface area contributed by atoms with Crippen molar-refractivity contribution in [2.75, 3.05) is 6.54 Å². The molecule has 2 N–H and O–H groups in total. The Balaban J connectivity index is 2.60. The summed E-state index contributed by atoms with van der Waals surface area (Å²) < 4.78 is 0. The van der Waals surface area contributed by atoms with Crippen LogP contribution in [0.25, 0.3) is 0 Å². The number of carboxylic acid groups (broad SMARTS) is 1. The van der Waals surface area contributed by atoms with Crippen molar-refractivity contribution in [3.63, 3.8) is 0 Å². The molecule has 1 aliphatic rings. The molecule has 1 heterocycles. The summed E-state index contributed by atoms with van der Waals surface area (Å²) in [6.45, 7) is 2.21. The highest BCUT2D eigenvalue weighted by Gasteiger charge is 2.29. The van der Waals surface area contributed by atoms with E-state index in [1.807, 2.05) is 0 Å². The van der Waals surface area contributed by atoms with Crippen LogP contribution in [0.5, 0.6) is 0 Å². The summed E-state index contributed by atoms with van der Waals surface area (Å²) in [6, 6.07) is -0.198. The summed E-state index contributed by atoms with van der Waals surface area (Å²) in [5.41, 5.74) is 0. The molecule has 0 saturated carbocycles. The Morgan fingerprint density at radius 2 is 2.25 bits per heavy atom. The van der Waals surface area contributed by atoms with E-state index in [4.69, 9.17) is 5.11 Å². The third-order valence-electron chi connectivity index (χ3n) is 2.35. The van der Waals surface area contributed by atoms with Crippen molar-refractivity contribution in [3.8, 4) is 0 Å². The SMILES string of the molecule is CC(O)C1CCCCN1C(=O)O. The fourth-order valence-electron chi connectivity index (χ4n) is 1.70. The van der Waals surface area contributed by atoms with Gasteiger partial charge in [-0.3, -0.25) is 0 Å². The zero-order chi connectivity index (χ0) is 9.14. The molecule has 0 radical (unpaired) electrons. The molecule has 0 aromatic rings. The summed E-state index contributed by atoms with van der Waals surface area (Å²) in [5.74, 6) is 0. The lowest BCUT2D eigenvalue weighted by molar-refractivity contribution is 0.0383. The van der Waals surface area contributed by atoms with Gasteiger partial charge in [-0.25, -0.2) is 4.79 Å². The third kappa shape index (κ3) is 1.88. The van der Waals surface area contributed by atoms with Crippen LogP contribution in [0.3, 0.4) is 0 Å². The molecule has 0 aromatic heterocycles. The molecule has 1 fully saturated rings. The highest BCUT2D eigenvalue weighted by molar-refractivity contribution is 5.65. The van der Waals surface area contributed by atoms with Crippen molar-refractivity contribution in [2.24, 2.45) is 0 Å². The van der Waals surface area contributed by atoms with Crippen molar-refractivity contribution < 1.29 is 15.0 Å². The molecule has 0 spiro atoms. The number of aliphatic hydroxyl groups excluding tert-OH is 1. The number of hydrogen-bond acceptors (Lipinski definition) is 2. The highest BCUT2D eigenvalue weighted by Crippen LogP contribution is 2.19. The minimum Gasteiger partial charge on any atom is -0.465 e. The number of piperidine rings is 1.